The summed E-state index contributed by atoms with van der Waals surface area (Å²) in [4.78, 5) is 12.2. The van der Waals surface area contributed by atoms with Crippen molar-refractivity contribution in [2.75, 3.05) is 6.54 Å². The van der Waals surface area contributed by atoms with E-state index in [0.717, 1.165) is 11.1 Å². The normalized spacial score (nSPS) is 27.9. The molecule has 0 saturated carbocycles. The standard InChI is InChI=1S/C20H16Cl3NO/c21-12-3-1-11(2-4-12)19-15(14-6-5-13(22)9-18(14)23)7-8-16-17(19)10-24-20(16)25/h1-9,15-17,19H,10H2,(H,24,25). The third-order valence-corrected chi connectivity index (χ3v) is 6.04. The summed E-state index contributed by atoms with van der Waals surface area (Å²) in [5.41, 5.74) is 2.19. The Kier molecular flexibility index (Phi) is 4.53. The van der Waals surface area contributed by atoms with Crippen molar-refractivity contribution in [2.45, 2.75) is 11.8 Å². The zero-order valence-electron chi connectivity index (χ0n) is 13.3. The minimum absolute atomic E-state index is 0.0832. The molecule has 0 bridgehead atoms. The third-order valence-electron chi connectivity index (χ3n) is 5.23. The molecule has 4 rings (SSSR count). The molecule has 2 aromatic carbocycles. The molecule has 4 atom stereocenters. The summed E-state index contributed by atoms with van der Waals surface area (Å²) in [7, 11) is 0. The molecule has 1 aliphatic heterocycles. The number of benzene rings is 2. The molecule has 1 heterocycles. The van der Waals surface area contributed by atoms with Crippen molar-refractivity contribution in [1.29, 1.82) is 0 Å². The van der Waals surface area contributed by atoms with Crippen LogP contribution in [-0.4, -0.2) is 12.5 Å². The highest BCUT2D eigenvalue weighted by Crippen LogP contribution is 2.49. The molecule has 1 saturated heterocycles. The van der Waals surface area contributed by atoms with Gasteiger partial charge in [0.15, 0.2) is 0 Å². The number of halogens is 3. The number of amides is 1. The molecule has 5 heteroatoms. The summed E-state index contributed by atoms with van der Waals surface area (Å²) in [6.07, 6.45) is 4.13. The van der Waals surface area contributed by atoms with Gasteiger partial charge in [-0.3, -0.25) is 4.79 Å². The Bertz CT molecular complexity index is 847. The Morgan fingerprint density at radius 3 is 2.28 bits per heavy atom. The summed E-state index contributed by atoms with van der Waals surface area (Å²) in [5.74, 6) is 0.420. The smallest absolute Gasteiger partial charge is 0.227 e. The fourth-order valence-electron chi connectivity index (χ4n) is 4.07. The zero-order valence-corrected chi connectivity index (χ0v) is 15.5. The molecule has 4 unspecified atom stereocenters. The van der Waals surface area contributed by atoms with Crippen LogP contribution in [0.4, 0.5) is 0 Å². The second-order valence-corrected chi connectivity index (χ2v) is 7.87. The number of carbonyl (C=O) groups excluding carboxylic acids is 1. The van der Waals surface area contributed by atoms with Gasteiger partial charge in [0, 0.05) is 27.5 Å². The predicted octanol–water partition coefficient (Wildman–Crippen LogP) is 5.45. The van der Waals surface area contributed by atoms with Crippen LogP contribution in [0.1, 0.15) is 23.0 Å². The van der Waals surface area contributed by atoms with E-state index in [1.165, 1.54) is 0 Å². The third kappa shape index (κ3) is 3.08. The lowest BCUT2D eigenvalue weighted by Crippen LogP contribution is -2.29. The fourth-order valence-corrected chi connectivity index (χ4v) is 4.73. The molecule has 1 fully saturated rings. The van der Waals surface area contributed by atoms with Gasteiger partial charge in [-0.25, -0.2) is 0 Å². The van der Waals surface area contributed by atoms with Crippen LogP contribution in [0, 0.1) is 11.8 Å². The summed E-state index contributed by atoms with van der Waals surface area (Å²) in [5, 5.41) is 4.97. The molecule has 0 spiro atoms. The molecule has 1 aliphatic carbocycles. The highest BCUT2D eigenvalue weighted by Gasteiger charge is 2.44. The van der Waals surface area contributed by atoms with Gasteiger partial charge in [-0.15, -0.1) is 0 Å². The number of rotatable bonds is 2. The van der Waals surface area contributed by atoms with Gasteiger partial charge in [0.25, 0.3) is 0 Å². The minimum Gasteiger partial charge on any atom is -0.355 e. The maximum atomic E-state index is 12.2. The lowest BCUT2D eigenvalue weighted by atomic mass is 9.67. The van der Waals surface area contributed by atoms with Crippen LogP contribution >= 0.6 is 34.8 Å². The number of hydrogen-bond donors (Lipinski definition) is 1. The molecule has 25 heavy (non-hydrogen) atoms. The second kappa shape index (κ2) is 6.68. The number of hydrogen-bond acceptors (Lipinski definition) is 1. The Morgan fingerprint density at radius 2 is 1.56 bits per heavy atom. The van der Waals surface area contributed by atoms with Crippen LogP contribution in [-0.2, 0) is 4.79 Å². The van der Waals surface area contributed by atoms with Gasteiger partial charge >= 0.3 is 0 Å². The number of fused-ring (bicyclic) bond motifs is 1. The Balaban J connectivity index is 1.83. The van der Waals surface area contributed by atoms with E-state index in [0.29, 0.717) is 21.6 Å². The minimum atomic E-state index is -0.0944. The van der Waals surface area contributed by atoms with Gasteiger partial charge in [0.1, 0.15) is 0 Å². The van der Waals surface area contributed by atoms with Crippen molar-refractivity contribution in [3.05, 3.63) is 80.8 Å². The van der Waals surface area contributed by atoms with Gasteiger partial charge in [-0.05, 0) is 47.2 Å². The first-order valence-electron chi connectivity index (χ1n) is 8.21. The van der Waals surface area contributed by atoms with E-state index < -0.39 is 0 Å². The van der Waals surface area contributed by atoms with Crippen LogP contribution in [0.25, 0.3) is 0 Å². The highest BCUT2D eigenvalue weighted by atomic mass is 35.5. The van der Waals surface area contributed by atoms with Crippen LogP contribution < -0.4 is 5.32 Å². The summed E-state index contributed by atoms with van der Waals surface area (Å²) < 4.78 is 0. The maximum Gasteiger partial charge on any atom is 0.227 e. The number of allylic oxidation sites excluding steroid dienone is 1. The van der Waals surface area contributed by atoms with E-state index in [2.05, 4.69) is 11.4 Å². The predicted molar refractivity (Wildman–Crippen MR) is 103 cm³/mol. The summed E-state index contributed by atoms with van der Waals surface area (Å²) in [6.45, 7) is 0.669. The highest BCUT2D eigenvalue weighted by molar-refractivity contribution is 6.35. The van der Waals surface area contributed by atoms with E-state index in [1.807, 2.05) is 42.5 Å². The number of nitrogens with one attached hydrogen (secondary N) is 1. The van der Waals surface area contributed by atoms with Gasteiger partial charge in [0.05, 0.1) is 5.92 Å². The topological polar surface area (TPSA) is 29.1 Å². The van der Waals surface area contributed by atoms with Crippen molar-refractivity contribution in [1.82, 2.24) is 5.32 Å². The Hall–Kier alpha value is -1.48. The van der Waals surface area contributed by atoms with Crippen LogP contribution in [0.3, 0.4) is 0 Å². The zero-order chi connectivity index (χ0) is 17.6. The monoisotopic (exact) mass is 391 g/mol. The fraction of sp³-hybridized carbons (Fsp3) is 0.250. The van der Waals surface area contributed by atoms with Crippen LogP contribution in [0.15, 0.2) is 54.6 Å². The molecule has 1 N–H and O–H groups in total. The molecule has 2 nitrogen and oxygen atoms in total. The lowest BCUT2D eigenvalue weighted by molar-refractivity contribution is -0.121. The molecule has 2 aliphatic rings. The molecular formula is C20H16Cl3NO. The SMILES string of the molecule is O=C1NCC2C1C=CC(c1ccc(Cl)cc1Cl)C2c1ccc(Cl)cc1. The Labute approximate surface area is 161 Å². The van der Waals surface area contributed by atoms with E-state index in [4.69, 9.17) is 34.8 Å². The first-order chi connectivity index (χ1) is 12.0. The van der Waals surface area contributed by atoms with E-state index in [9.17, 15) is 4.79 Å². The van der Waals surface area contributed by atoms with Crippen molar-refractivity contribution in [3.8, 4) is 0 Å². The quantitative estimate of drug-likeness (QED) is 0.677. The molecule has 128 valence electrons. The molecule has 0 aromatic heterocycles. The van der Waals surface area contributed by atoms with Gasteiger partial charge < -0.3 is 5.32 Å². The van der Waals surface area contributed by atoms with Gasteiger partial charge in [-0.1, -0.05) is 65.2 Å². The van der Waals surface area contributed by atoms with E-state index in [1.54, 1.807) is 6.07 Å². The second-order valence-electron chi connectivity index (χ2n) is 6.59. The summed E-state index contributed by atoms with van der Waals surface area (Å²) >= 11 is 18.6. The van der Waals surface area contributed by atoms with Crippen molar-refractivity contribution in [3.63, 3.8) is 0 Å². The maximum absolute atomic E-state index is 12.2. The molecule has 1 amide bonds. The van der Waals surface area contributed by atoms with Crippen molar-refractivity contribution < 1.29 is 4.79 Å². The van der Waals surface area contributed by atoms with Gasteiger partial charge in [0.2, 0.25) is 5.91 Å². The lowest BCUT2D eigenvalue weighted by Gasteiger charge is -2.36. The van der Waals surface area contributed by atoms with Crippen LogP contribution in [0.2, 0.25) is 15.1 Å². The largest absolute Gasteiger partial charge is 0.355 e. The van der Waals surface area contributed by atoms with Crippen molar-refractivity contribution >= 4 is 40.7 Å². The van der Waals surface area contributed by atoms with Crippen molar-refractivity contribution in [2.24, 2.45) is 11.8 Å². The molecule has 2 aromatic rings. The first-order valence-corrected chi connectivity index (χ1v) is 9.34. The number of carbonyl (C=O) groups is 1. The Morgan fingerprint density at radius 1 is 0.880 bits per heavy atom. The summed E-state index contributed by atoms with van der Waals surface area (Å²) in [6, 6.07) is 13.5. The van der Waals surface area contributed by atoms with E-state index >= 15 is 0 Å². The van der Waals surface area contributed by atoms with Crippen LogP contribution in [0.5, 0.6) is 0 Å². The van der Waals surface area contributed by atoms with E-state index in [-0.39, 0.29) is 29.6 Å². The molecular weight excluding hydrogens is 377 g/mol. The average Bonchev–Trinajstić information content (AvgIpc) is 2.97. The van der Waals surface area contributed by atoms with Gasteiger partial charge in [-0.2, -0.15) is 0 Å². The average molecular weight is 393 g/mol. The molecule has 0 radical (unpaired) electrons. The first kappa shape index (κ1) is 17.0.